The Balaban J connectivity index is 1.86. The van der Waals surface area contributed by atoms with Gasteiger partial charge in [0.15, 0.2) is 0 Å². The number of hydrogen-bond donors (Lipinski definition) is 1. The van der Waals surface area contributed by atoms with E-state index in [-0.39, 0.29) is 5.82 Å². The zero-order valence-electron chi connectivity index (χ0n) is 12.6. The van der Waals surface area contributed by atoms with E-state index in [1.165, 1.54) is 6.07 Å². The SMILES string of the molecule is Cc1nc(-c2n[nH]cc2-c2ccc3ncc(Br)cc3n2)ccc1F. The van der Waals surface area contributed by atoms with Gasteiger partial charge in [-0.25, -0.2) is 14.4 Å². The normalized spacial score (nSPS) is 11.1. The van der Waals surface area contributed by atoms with Gasteiger partial charge in [0.1, 0.15) is 11.5 Å². The molecular weight excluding hydrogens is 373 g/mol. The maximum absolute atomic E-state index is 13.5. The molecule has 7 heteroatoms. The van der Waals surface area contributed by atoms with Crippen molar-refractivity contribution < 1.29 is 4.39 Å². The van der Waals surface area contributed by atoms with Crippen molar-refractivity contribution in [2.24, 2.45) is 0 Å². The molecule has 0 bridgehead atoms. The third-order valence-corrected chi connectivity index (χ3v) is 4.12. The molecule has 0 saturated carbocycles. The molecule has 0 atom stereocenters. The second-order valence-electron chi connectivity index (χ2n) is 5.30. The van der Waals surface area contributed by atoms with Gasteiger partial charge in [0, 0.05) is 22.4 Å². The summed E-state index contributed by atoms with van der Waals surface area (Å²) in [6.07, 6.45) is 3.49. The Labute approximate surface area is 145 Å². The molecule has 4 aromatic rings. The highest BCUT2D eigenvalue weighted by molar-refractivity contribution is 9.10. The number of halogens is 2. The Morgan fingerprint density at radius 1 is 1.04 bits per heavy atom. The lowest BCUT2D eigenvalue weighted by atomic mass is 10.1. The molecule has 0 aliphatic heterocycles. The highest BCUT2D eigenvalue weighted by Crippen LogP contribution is 2.29. The van der Waals surface area contributed by atoms with E-state index in [2.05, 4.69) is 41.1 Å². The van der Waals surface area contributed by atoms with Crippen LogP contribution in [0.25, 0.3) is 33.7 Å². The van der Waals surface area contributed by atoms with Gasteiger partial charge < -0.3 is 0 Å². The van der Waals surface area contributed by atoms with Gasteiger partial charge in [-0.1, -0.05) is 0 Å². The van der Waals surface area contributed by atoms with Gasteiger partial charge >= 0.3 is 0 Å². The van der Waals surface area contributed by atoms with E-state index in [9.17, 15) is 4.39 Å². The van der Waals surface area contributed by atoms with E-state index in [4.69, 9.17) is 0 Å². The van der Waals surface area contributed by atoms with Crippen LogP contribution in [0.4, 0.5) is 4.39 Å². The van der Waals surface area contributed by atoms with E-state index >= 15 is 0 Å². The first kappa shape index (κ1) is 14.9. The number of aromatic amines is 1. The summed E-state index contributed by atoms with van der Waals surface area (Å²) in [4.78, 5) is 13.2. The third kappa shape index (κ3) is 2.56. The Bertz CT molecular complexity index is 1060. The van der Waals surface area contributed by atoms with Crippen molar-refractivity contribution in [3.8, 4) is 22.6 Å². The van der Waals surface area contributed by atoms with Crippen LogP contribution < -0.4 is 0 Å². The van der Waals surface area contributed by atoms with Crippen LogP contribution in [0.15, 0.2) is 47.2 Å². The lowest BCUT2D eigenvalue weighted by molar-refractivity contribution is 0.610. The summed E-state index contributed by atoms with van der Waals surface area (Å²) in [5.74, 6) is -0.337. The number of aromatic nitrogens is 5. The molecule has 0 amide bonds. The molecule has 0 radical (unpaired) electrons. The molecule has 4 rings (SSSR count). The molecule has 0 aliphatic carbocycles. The maximum atomic E-state index is 13.5. The molecule has 0 aliphatic rings. The zero-order chi connectivity index (χ0) is 16.7. The van der Waals surface area contributed by atoms with Gasteiger partial charge in [0.25, 0.3) is 0 Å². The summed E-state index contributed by atoms with van der Waals surface area (Å²) in [5.41, 5.74) is 4.69. The summed E-state index contributed by atoms with van der Waals surface area (Å²) >= 11 is 3.41. The number of aryl methyl sites for hydroxylation is 1. The predicted octanol–water partition coefficient (Wildman–Crippen LogP) is 4.29. The van der Waals surface area contributed by atoms with Crippen LogP contribution in [0, 0.1) is 12.7 Å². The Hall–Kier alpha value is -2.67. The van der Waals surface area contributed by atoms with Crippen LogP contribution in [0.5, 0.6) is 0 Å². The van der Waals surface area contributed by atoms with Crippen LogP contribution >= 0.6 is 15.9 Å². The fraction of sp³-hybridized carbons (Fsp3) is 0.0588. The van der Waals surface area contributed by atoms with Crippen molar-refractivity contribution in [1.82, 2.24) is 25.1 Å². The average molecular weight is 384 g/mol. The standard InChI is InChI=1S/C17H11BrFN5/c1-9-12(19)2-3-15(22-9)17-11(8-21-24-17)13-4-5-14-16(23-13)6-10(18)7-20-14/h2-8H,1H3,(H,21,24). The number of nitrogens with one attached hydrogen (secondary N) is 1. The van der Waals surface area contributed by atoms with Crippen molar-refractivity contribution in [2.75, 3.05) is 0 Å². The summed E-state index contributed by atoms with van der Waals surface area (Å²) < 4.78 is 14.3. The van der Waals surface area contributed by atoms with Crippen LogP contribution in [-0.2, 0) is 0 Å². The summed E-state index contributed by atoms with van der Waals surface area (Å²) in [7, 11) is 0. The molecule has 4 heterocycles. The lowest BCUT2D eigenvalue weighted by Gasteiger charge is -2.05. The van der Waals surface area contributed by atoms with E-state index < -0.39 is 0 Å². The fourth-order valence-corrected chi connectivity index (χ4v) is 2.81. The largest absolute Gasteiger partial charge is 0.284 e. The van der Waals surface area contributed by atoms with Crippen LogP contribution in [0.2, 0.25) is 0 Å². The topological polar surface area (TPSA) is 67.3 Å². The average Bonchev–Trinajstić information content (AvgIpc) is 3.06. The van der Waals surface area contributed by atoms with Gasteiger partial charge in [-0.2, -0.15) is 5.10 Å². The molecule has 0 unspecified atom stereocenters. The third-order valence-electron chi connectivity index (χ3n) is 3.68. The molecule has 0 aromatic carbocycles. The first-order valence-corrected chi connectivity index (χ1v) is 8.01. The zero-order valence-corrected chi connectivity index (χ0v) is 14.2. The summed E-state index contributed by atoms with van der Waals surface area (Å²) in [5, 5.41) is 7.10. The molecule has 4 aromatic heterocycles. The van der Waals surface area contributed by atoms with Crippen molar-refractivity contribution in [3.05, 3.63) is 58.7 Å². The molecule has 1 N–H and O–H groups in total. The Morgan fingerprint density at radius 2 is 1.88 bits per heavy atom. The number of H-pyrrole nitrogens is 1. The van der Waals surface area contributed by atoms with Crippen molar-refractivity contribution in [2.45, 2.75) is 6.92 Å². The Kier molecular flexibility index (Phi) is 3.57. The van der Waals surface area contributed by atoms with Crippen LogP contribution in [0.1, 0.15) is 5.69 Å². The van der Waals surface area contributed by atoms with E-state index in [1.807, 2.05) is 18.2 Å². The fourth-order valence-electron chi connectivity index (χ4n) is 2.49. The minimum atomic E-state index is -0.337. The number of fused-ring (bicyclic) bond motifs is 1. The van der Waals surface area contributed by atoms with Crippen molar-refractivity contribution in [3.63, 3.8) is 0 Å². The number of hydrogen-bond acceptors (Lipinski definition) is 4. The molecular formula is C17H11BrFN5. The monoisotopic (exact) mass is 383 g/mol. The van der Waals surface area contributed by atoms with Crippen LogP contribution in [0.3, 0.4) is 0 Å². The second kappa shape index (κ2) is 5.76. The number of pyridine rings is 3. The predicted molar refractivity (Wildman–Crippen MR) is 92.7 cm³/mol. The number of nitrogens with zero attached hydrogens (tertiary/aromatic N) is 4. The van der Waals surface area contributed by atoms with E-state index in [0.717, 1.165) is 26.8 Å². The van der Waals surface area contributed by atoms with E-state index in [0.29, 0.717) is 17.1 Å². The highest BCUT2D eigenvalue weighted by Gasteiger charge is 2.14. The van der Waals surface area contributed by atoms with Gasteiger partial charge in [-0.15, -0.1) is 0 Å². The van der Waals surface area contributed by atoms with Crippen molar-refractivity contribution >= 4 is 27.0 Å². The molecule has 5 nitrogen and oxygen atoms in total. The van der Waals surface area contributed by atoms with Crippen LogP contribution in [-0.4, -0.2) is 25.1 Å². The first-order chi connectivity index (χ1) is 11.6. The lowest BCUT2D eigenvalue weighted by Crippen LogP contribution is -1.93. The minimum absolute atomic E-state index is 0.334. The minimum Gasteiger partial charge on any atom is -0.284 e. The van der Waals surface area contributed by atoms with Gasteiger partial charge in [0.2, 0.25) is 0 Å². The smallest absolute Gasteiger partial charge is 0.144 e. The molecule has 0 spiro atoms. The molecule has 0 saturated heterocycles. The summed E-state index contributed by atoms with van der Waals surface area (Å²) in [6, 6.07) is 8.70. The maximum Gasteiger partial charge on any atom is 0.144 e. The summed E-state index contributed by atoms with van der Waals surface area (Å²) in [6.45, 7) is 1.63. The van der Waals surface area contributed by atoms with E-state index in [1.54, 1.807) is 25.4 Å². The quantitative estimate of drug-likeness (QED) is 0.560. The van der Waals surface area contributed by atoms with Gasteiger partial charge in [-0.3, -0.25) is 10.1 Å². The van der Waals surface area contributed by atoms with Gasteiger partial charge in [-0.05, 0) is 53.2 Å². The highest BCUT2D eigenvalue weighted by atomic mass is 79.9. The second-order valence-corrected chi connectivity index (χ2v) is 6.22. The number of rotatable bonds is 2. The molecule has 0 fully saturated rings. The first-order valence-electron chi connectivity index (χ1n) is 7.22. The van der Waals surface area contributed by atoms with Gasteiger partial charge in [0.05, 0.1) is 28.1 Å². The Morgan fingerprint density at radius 3 is 2.71 bits per heavy atom. The van der Waals surface area contributed by atoms with Crippen molar-refractivity contribution in [1.29, 1.82) is 0 Å². The molecule has 24 heavy (non-hydrogen) atoms. The molecule has 118 valence electrons.